The summed E-state index contributed by atoms with van der Waals surface area (Å²) in [5.74, 6) is -0.159. The molecule has 9 heteroatoms. The molecule has 1 aliphatic carbocycles. The van der Waals surface area contributed by atoms with Gasteiger partial charge in [0.15, 0.2) is 0 Å². The van der Waals surface area contributed by atoms with Gasteiger partial charge in [0, 0.05) is 12.5 Å². The summed E-state index contributed by atoms with van der Waals surface area (Å²) in [5, 5.41) is 15.8. The van der Waals surface area contributed by atoms with Gasteiger partial charge in [-0.2, -0.15) is 18.3 Å². The maximum absolute atomic E-state index is 13.5. The van der Waals surface area contributed by atoms with Gasteiger partial charge in [0.1, 0.15) is 0 Å². The molecule has 1 amide bonds. The van der Waals surface area contributed by atoms with Crippen molar-refractivity contribution in [2.24, 2.45) is 0 Å². The third kappa shape index (κ3) is 4.92. The van der Waals surface area contributed by atoms with Gasteiger partial charge in [-0.25, -0.2) is 4.79 Å². The molecule has 1 aromatic heterocycles. The third-order valence-electron chi connectivity index (χ3n) is 6.82. The lowest BCUT2D eigenvalue weighted by molar-refractivity contribution is -0.138. The van der Waals surface area contributed by atoms with E-state index in [2.05, 4.69) is 22.3 Å². The van der Waals surface area contributed by atoms with Crippen LogP contribution in [0.4, 0.5) is 18.0 Å². The Hall–Kier alpha value is -2.55. The molecule has 6 nitrogen and oxygen atoms in total. The minimum Gasteiger partial charge on any atom is -0.465 e. The van der Waals surface area contributed by atoms with E-state index in [1.807, 2.05) is 18.2 Å². The number of halogens is 3. The lowest BCUT2D eigenvalue weighted by Gasteiger charge is -2.40. The second-order valence-electron chi connectivity index (χ2n) is 8.70. The van der Waals surface area contributed by atoms with Crippen LogP contribution in [0, 0.1) is 0 Å². The van der Waals surface area contributed by atoms with Crippen molar-refractivity contribution in [2.45, 2.75) is 68.7 Å². The molecule has 1 aliphatic heterocycles. The zero-order chi connectivity index (χ0) is 22.7. The molecule has 0 spiro atoms. The van der Waals surface area contributed by atoms with Crippen LogP contribution in [-0.2, 0) is 10.9 Å². The minimum absolute atomic E-state index is 0.0166. The summed E-state index contributed by atoms with van der Waals surface area (Å²) >= 11 is 0. The molecule has 32 heavy (non-hydrogen) atoms. The first kappa shape index (κ1) is 22.6. The van der Waals surface area contributed by atoms with Crippen molar-refractivity contribution in [1.82, 2.24) is 15.1 Å². The largest absolute Gasteiger partial charge is 0.465 e. The number of alkyl halides is 3. The standard InChI is InChI=1S/C23H28F3N3O3/c24-23(25,26)19-13-27-28-21(19)18-7-4-12-29(22(30)31)20(18)14-32-17-10-8-16(9-11-17)15-5-2-1-3-6-15/h1-3,5-6,13,16-18,20H,4,7-12,14H2,(H,27,28)(H,30,31)/t16?,17?,18-,20-/m0/s1. The van der Waals surface area contributed by atoms with Crippen molar-refractivity contribution in [3.63, 3.8) is 0 Å². The van der Waals surface area contributed by atoms with Crippen LogP contribution >= 0.6 is 0 Å². The number of carbonyl (C=O) groups is 1. The maximum atomic E-state index is 13.5. The highest BCUT2D eigenvalue weighted by molar-refractivity contribution is 5.66. The fourth-order valence-corrected chi connectivity index (χ4v) is 5.16. The number of amides is 1. The Balaban J connectivity index is 1.44. The van der Waals surface area contributed by atoms with E-state index in [-0.39, 0.29) is 24.9 Å². The number of likely N-dealkylation sites (tertiary alicyclic amines) is 1. The first-order chi connectivity index (χ1) is 15.3. The number of rotatable bonds is 5. The van der Waals surface area contributed by atoms with Crippen molar-refractivity contribution in [3.8, 4) is 0 Å². The lowest BCUT2D eigenvalue weighted by Crippen LogP contribution is -2.50. The molecule has 1 saturated heterocycles. The molecule has 0 unspecified atom stereocenters. The smallest absolute Gasteiger partial charge is 0.419 e. The van der Waals surface area contributed by atoms with Gasteiger partial charge in [-0.1, -0.05) is 30.3 Å². The summed E-state index contributed by atoms with van der Waals surface area (Å²) in [6.07, 6.45) is -0.331. The van der Waals surface area contributed by atoms with E-state index in [1.54, 1.807) is 0 Å². The number of aromatic nitrogens is 2. The Morgan fingerprint density at radius 2 is 1.88 bits per heavy atom. The van der Waals surface area contributed by atoms with E-state index in [9.17, 15) is 23.1 Å². The number of ether oxygens (including phenoxy) is 1. The molecule has 4 rings (SSSR count). The highest BCUT2D eigenvalue weighted by Crippen LogP contribution is 2.40. The first-order valence-corrected chi connectivity index (χ1v) is 11.1. The first-order valence-electron chi connectivity index (χ1n) is 11.1. The number of hydrogen-bond donors (Lipinski definition) is 2. The van der Waals surface area contributed by atoms with E-state index in [0.717, 1.165) is 31.9 Å². The van der Waals surface area contributed by atoms with Crippen LogP contribution in [0.2, 0.25) is 0 Å². The van der Waals surface area contributed by atoms with Gasteiger partial charge in [0.25, 0.3) is 0 Å². The van der Waals surface area contributed by atoms with E-state index in [4.69, 9.17) is 4.74 Å². The monoisotopic (exact) mass is 451 g/mol. The average molecular weight is 451 g/mol. The van der Waals surface area contributed by atoms with Gasteiger partial charge >= 0.3 is 12.3 Å². The van der Waals surface area contributed by atoms with Crippen molar-refractivity contribution in [2.75, 3.05) is 13.2 Å². The molecule has 174 valence electrons. The molecule has 2 aromatic rings. The molecule has 1 aromatic carbocycles. The van der Waals surface area contributed by atoms with Crippen LogP contribution in [0.15, 0.2) is 36.5 Å². The van der Waals surface area contributed by atoms with Crippen molar-refractivity contribution in [1.29, 1.82) is 0 Å². The van der Waals surface area contributed by atoms with Gasteiger partial charge in [0.05, 0.1) is 36.2 Å². The van der Waals surface area contributed by atoms with Gasteiger partial charge in [-0.05, 0) is 50.0 Å². The molecule has 0 radical (unpaired) electrons. The van der Waals surface area contributed by atoms with E-state index in [1.165, 1.54) is 10.5 Å². The Morgan fingerprint density at radius 3 is 2.53 bits per heavy atom. The van der Waals surface area contributed by atoms with Crippen LogP contribution in [0.5, 0.6) is 0 Å². The van der Waals surface area contributed by atoms with Crippen molar-refractivity contribution in [3.05, 3.63) is 53.3 Å². The van der Waals surface area contributed by atoms with E-state index in [0.29, 0.717) is 18.8 Å². The summed E-state index contributed by atoms with van der Waals surface area (Å²) in [6, 6.07) is 9.64. The van der Waals surface area contributed by atoms with E-state index < -0.39 is 29.8 Å². The number of benzene rings is 1. The number of H-pyrrole nitrogens is 1. The number of hydrogen-bond acceptors (Lipinski definition) is 3. The van der Waals surface area contributed by atoms with Gasteiger partial charge in [0.2, 0.25) is 0 Å². The SMILES string of the molecule is O=C(O)N1CCC[C@H](c2[nH]ncc2C(F)(F)F)[C@@H]1COC1CCC(c2ccccc2)CC1. The molecule has 2 heterocycles. The lowest BCUT2D eigenvalue weighted by atomic mass is 9.82. The molecule has 2 N–H and O–H groups in total. The molecule has 2 fully saturated rings. The zero-order valence-corrected chi connectivity index (χ0v) is 17.7. The third-order valence-corrected chi connectivity index (χ3v) is 6.82. The van der Waals surface area contributed by atoms with Crippen LogP contribution in [0.25, 0.3) is 0 Å². The molecule has 2 atom stereocenters. The van der Waals surface area contributed by atoms with Crippen LogP contribution < -0.4 is 0 Å². The molecular formula is C23H28F3N3O3. The predicted molar refractivity (Wildman–Crippen MR) is 111 cm³/mol. The summed E-state index contributed by atoms with van der Waals surface area (Å²) in [4.78, 5) is 13.1. The number of aromatic amines is 1. The summed E-state index contributed by atoms with van der Waals surface area (Å²) in [7, 11) is 0. The van der Waals surface area contributed by atoms with Crippen LogP contribution in [0.3, 0.4) is 0 Å². The Labute approximate surface area is 184 Å². The number of carboxylic acid groups (broad SMARTS) is 1. The van der Waals surface area contributed by atoms with Crippen LogP contribution in [-0.4, -0.2) is 51.6 Å². The molecule has 1 saturated carbocycles. The molecular weight excluding hydrogens is 423 g/mol. The van der Waals surface area contributed by atoms with E-state index >= 15 is 0 Å². The Bertz CT molecular complexity index is 895. The fraction of sp³-hybridized carbons (Fsp3) is 0.565. The Morgan fingerprint density at radius 1 is 1.16 bits per heavy atom. The number of nitrogens with one attached hydrogen (secondary N) is 1. The van der Waals surface area contributed by atoms with Gasteiger partial charge in [-0.15, -0.1) is 0 Å². The quantitative estimate of drug-likeness (QED) is 0.638. The Kier molecular flexibility index (Phi) is 6.74. The number of nitrogens with zero attached hydrogens (tertiary/aromatic N) is 2. The topological polar surface area (TPSA) is 78.5 Å². The second-order valence-corrected chi connectivity index (χ2v) is 8.70. The summed E-state index contributed by atoms with van der Waals surface area (Å²) in [5.41, 5.74) is 0.433. The normalized spacial score (nSPS) is 26.8. The highest BCUT2D eigenvalue weighted by atomic mass is 19.4. The predicted octanol–water partition coefficient (Wildman–Crippen LogP) is 5.40. The van der Waals surface area contributed by atoms with Crippen molar-refractivity contribution < 1.29 is 27.8 Å². The summed E-state index contributed by atoms with van der Waals surface area (Å²) < 4.78 is 46.5. The highest BCUT2D eigenvalue weighted by Gasteiger charge is 2.43. The minimum atomic E-state index is -4.55. The average Bonchev–Trinajstić information content (AvgIpc) is 3.29. The molecule has 2 aliphatic rings. The van der Waals surface area contributed by atoms with Crippen LogP contribution in [0.1, 0.15) is 67.2 Å². The second kappa shape index (κ2) is 9.52. The fourth-order valence-electron chi connectivity index (χ4n) is 5.16. The van der Waals surface area contributed by atoms with Gasteiger partial charge in [-0.3, -0.25) is 5.10 Å². The number of piperidine rings is 1. The van der Waals surface area contributed by atoms with Crippen molar-refractivity contribution >= 4 is 6.09 Å². The zero-order valence-electron chi connectivity index (χ0n) is 17.7. The van der Waals surface area contributed by atoms with Gasteiger partial charge < -0.3 is 14.7 Å². The maximum Gasteiger partial charge on any atom is 0.419 e. The summed E-state index contributed by atoms with van der Waals surface area (Å²) in [6.45, 7) is 0.365. The molecule has 0 bridgehead atoms.